The molecule has 1 N–H and O–H groups in total. The van der Waals surface area contributed by atoms with Gasteiger partial charge in [0.15, 0.2) is 0 Å². The first-order chi connectivity index (χ1) is 11.1. The summed E-state index contributed by atoms with van der Waals surface area (Å²) >= 11 is 0. The molecule has 0 radical (unpaired) electrons. The van der Waals surface area contributed by atoms with E-state index < -0.39 is 5.91 Å². The van der Waals surface area contributed by atoms with Crippen molar-refractivity contribution in [3.63, 3.8) is 0 Å². The van der Waals surface area contributed by atoms with Gasteiger partial charge in [0.1, 0.15) is 17.4 Å². The van der Waals surface area contributed by atoms with E-state index in [0.29, 0.717) is 31.9 Å². The molecule has 2 amide bonds. The molecular formula is C15H18N4O4. The second kappa shape index (κ2) is 7.89. The number of carbonyl (C=O) groups excluding carboxylic acids is 2. The SMILES string of the molecule is COC(=O)N1CCN(/C=C(/C#N)C(=O)NCc2ccco2)CC1. The van der Waals surface area contributed by atoms with Crippen molar-refractivity contribution in [3.05, 3.63) is 35.9 Å². The maximum atomic E-state index is 12.0. The quantitative estimate of drug-likeness (QED) is 0.648. The van der Waals surface area contributed by atoms with E-state index in [4.69, 9.17) is 9.68 Å². The van der Waals surface area contributed by atoms with Gasteiger partial charge in [-0.2, -0.15) is 5.26 Å². The lowest BCUT2D eigenvalue weighted by atomic mass is 10.2. The molecule has 23 heavy (non-hydrogen) atoms. The lowest BCUT2D eigenvalue weighted by Gasteiger charge is -2.33. The Balaban J connectivity index is 1.88. The van der Waals surface area contributed by atoms with Crippen LogP contribution in [-0.2, 0) is 16.1 Å². The van der Waals surface area contributed by atoms with Crippen LogP contribution in [0.5, 0.6) is 0 Å². The van der Waals surface area contributed by atoms with Crippen LogP contribution >= 0.6 is 0 Å². The van der Waals surface area contributed by atoms with Crippen LogP contribution < -0.4 is 5.32 Å². The summed E-state index contributed by atoms with van der Waals surface area (Å²) < 4.78 is 9.78. The maximum Gasteiger partial charge on any atom is 0.409 e. The zero-order chi connectivity index (χ0) is 16.7. The van der Waals surface area contributed by atoms with Crippen molar-refractivity contribution < 1.29 is 18.7 Å². The molecule has 2 heterocycles. The third-order valence-corrected chi connectivity index (χ3v) is 3.43. The summed E-state index contributed by atoms with van der Waals surface area (Å²) in [6, 6.07) is 5.36. The fraction of sp³-hybridized carbons (Fsp3) is 0.400. The number of hydrogen-bond donors (Lipinski definition) is 1. The van der Waals surface area contributed by atoms with Crippen molar-refractivity contribution in [1.29, 1.82) is 5.26 Å². The Bertz CT molecular complexity index is 610. The summed E-state index contributed by atoms with van der Waals surface area (Å²) in [6.45, 7) is 2.25. The highest BCUT2D eigenvalue weighted by atomic mass is 16.5. The largest absolute Gasteiger partial charge is 0.467 e. The van der Waals surface area contributed by atoms with Crippen molar-refractivity contribution in [2.45, 2.75) is 6.54 Å². The minimum absolute atomic E-state index is 0.0167. The van der Waals surface area contributed by atoms with Gasteiger partial charge in [-0.1, -0.05) is 0 Å². The average molecular weight is 318 g/mol. The van der Waals surface area contributed by atoms with Crippen molar-refractivity contribution in [3.8, 4) is 6.07 Å². The zero-order valence-electron chi connectivity index (χ0n) is 12.8. The van der Waals surface area contributed by atoms with Gasteiger partial charge in [-0.25, -0.2) is 4.79 Å². The number of ether oxygens (including phenoxy) is 1. The Kier molecular flexibility index (Phi) is 5.63. The van der Waals surface area contributed by atoms with E-state index in [-0.39, 0.29) is 18.2 Å². The molecule has 0 atom stereocenters. The number of carbonyl (C=O) groups is 2. The van der Waals surface area contributed by atoms with Crippen LogP contribution in [0.3, 0.4) is 0 Å². The van der Waals surface area contributed by atoms with Gasteiger partial charge in [-0.05, 0) is 12.1 Å². The van der Waals surface area contributed by atoms with Crippen LogP contribution in [0.25, 0.3) is 0 Å². The van der Waals surface area contributed by atoms with Crippen molar-refractivity contribution in [1.82, 2.24) is 15.1 Å². The van der Waals surface area contributed by atoms with E-state index in [2.05, 4.69) is 10.1 Å². The minimum Gasteiger partial charge on any atom is -0.467 e. The molecule has 0 aromatic carbocycles. The first kappa shape index (κ1) is 16.4. The van der Waals surface area contributed by atoms with Crippen molar-refractivity contribution in [2.24, 2.45) is 0 Å². The van der Waals surface area contributed by atoms with Gasteiger partial charge in [-0.3, -0.25) is 4.79 Å². The van der Waals surface area contributed by atoms with Gasteiger partial charge >= 0.3 is 6.09 Å². The highest BCUT2D eigenvalue weighted by Gasteiger charge is 2.21. The number of nitrogens with zero attached hydrogens (tertiary/aromatic N) is 3. The van der Waals surface area contributed by atoms with Gasteiger partial charge in [0.25, 0.3) is 5.91 Å². The molecule has 8 heteroatoms. The van der Waals surface area contributed by atoms with Crippen LogP contribution in [0, 0.1) is 11.3 Å². The molecule has 1 fully saturated rings. The number of hydrogen-bond acceptors (Lipinski definition) is 6. The number of furan rings is 1. The van der Waals surface area contributed by atoms with E-state index >= 15 is 0 Å². The lowest BCUT2D eigenvalue weighted by molar-refractivity contribution is -0.117. The van der Waals surface area contributed by atoms with Crippen molar-refractivity contribution >= 4 is 12.0 Å². The zero-order valence-corrected chi connectivity index (χ0v) is 12.8. The molecule has 1 aliphatic heterocycles. The van der Waals surface area contributed by atoms with Gasteiger partial charge in [0, 0.05) is 32.4 Å². The van der Waals surface area contributed by atoms with Gasteiger partial charge in [-0.15, -0.1) is 0 Å². The fourth-order valence-corrected chi connectivity index (χ4v) is 2.16. The Morgan fingerprint density at radius 3 is 2.74 bits per heavy atom. The van der Waals surface area contributed by atoms with E-state index in [1.807, 2.05) is 11.0 Å². The molecule has 1 aromatic heterocycles. The number of piperazine rings is 1. The van der Waals surface area contributed by atoms with Gasteiger partial charge < -0.3 is 24.3 Å². The van der Waals surface area contributed by atoms with Crippen LogP contribution in [0.4, 0.5) is 4.79 Å². The van der Waals surface area contributed by atoms with E-state index in [9.17, 15) is 9.59 Å². The highest BCUT2D eigenvalue weighted by molar-refractivity contribution is 5.97. The third-order valence-electron chi connectivity index (χ3n) is 3.43. The van der Waals surface area contributed by atoms with Gasteiger partial charge in [0.05, 0.1) is 19.9 Å². The Morgan fingerprint density at radius 2 is 2.17 bits per heavy atom. The lowest BCUT2D eigenvalue weighted by Crippen LogP contribution is -2.47. The standard InChI is InChI=1S/C15H18N4O4/c1-22-15(21)19-6-4-18(5-7-19)11-12(9-16)14(20)17-10-13-3-2-8-23-13/h2-3,8,11H,4-7,10H2,1H3,(H,17,20)/b12-11-. The molecule has 122 valence electrons. The summed E-state index contributed by atoms with van der Waals surface area (Å²) in [6.07, 6.45) is 2.67. The Hall–Kier alpha value is -2.95. The molecule has 2 rings (SSSR count). The molecular weight excluding hydrogens is 300 g/mol. The molecule has 0 aliphatic carbocycles. The molecule has 0 unspecified atom stereocenters. The number of rotatable bonds is 4. The molecule has 8 nitrogen and oxygen atoms in total. The predicted molar refractivity (Wildman–Crippen MR) is 79.8 cm³/mol. The summed E-state index contributed by atoms with van der Waals surface area (Å²) in [7, 11) is 1.34. The van der Waals surface area contributed by atoms with Crippen LogP contribution in [-0.4, -0.2) is 55.1 Å². The van der Waals surface area contributed by atoms with E-state index in [1.165, 1.54) is 19.6 Å². The average Bonchev–Trinajstić information content (AvgIpc) is 3.11. The number of methoxy groups -OCH3 is 1. The molecule has 1 aromatic rings. The normalized spacial score (nSPS) is 15.0. The Labute approximate surface area is 133 Å². The van der Waals surface area contributed by atoms with Crippen LogP contribution in [0.15, 0.2) is 34.6 Å². The topological polar surface area (TPSA) is 98.8 Å². The second-order valence-corrected chi connectivity index (χ2v) is 4.91. The molecule has 0 saturated carbocycles. The van der Waals surface area contributed by atoms with Crippen LogP contribution in [0.1, 0.15) is 5.76 Å². The summed E-state index contributed by atoms with van der Waals surface area (Å²) in [5, 5.41) is 11.8. The monoisotopic (exact) mass is 318 g/mol. The number of nitriles is 1. The molecule has 1 saturated heterocycles. The second-order valence-electron chi connectivity index (χ2n) is 4.91. The number of amides is 2. The van der Waals surface area contributed by atoms with Crippen molar-refractivity contribution in [2.75, 3.05) is 33.3 Å². The maximum absolute atomic E-state index is 12.0. The van der Waals surface area contributed by atoms with Gasteiger partial charge in [0.2, 0.25) is 0 Å². The summed E-state index contributed by atoms with van der Waals surface area (Å²) in [5.74, 6) is 0.154. The predicted octanol–water partition coefficient (Wildman–Crippen LogP) is 0.687. The first-order valence-electron chi connectivity index (χ1n) is 7.13. The third kappa shape index (κ3) is 4.51. The van der Waals surface area contributed by atoms with Crippen LogP contribution in [0.2, 0.25) is 0 Å². The molecule has 1 aliphatic rings. The van der Waals surface area contributed by atoms with E-state index in [0.717, 1.165) is 0 Å². The van der Waals surface area contributed by atoms with E-state index in [1.54, 1.807) is 17.0 Å². The first-order valence-corrected chi connectivity index (χ1v) is 7.13. The Morgan fingerprint density at radius 1 is 1.43 bits per heavy atom. The summed E-state index contributed by atoms with van der Waals surface area (Å²) in [4.78, 5) is 26.8. The molecule has 0 bridgehead atoms. The molecule has 0 spiro atoms. The fourth-order valence-electron chi connectivity index (χ4n) is 2.16. The summed E-state index contributed by atoms with van der Waals surface area (Å²) in [5.41, 5.74) is 0.0167. The highest BCUT2D eigenvalue weighted by Crippen LogP contribution is 2.07. The minimum atomic E-state index is -0.459. The smallest absolute Gasteiger partial charge is 0.409 e. The number of nitrogens with one attached hydrogen (secondary N) is 1.